The molecule has 2 rings (SSSR count). The Labute approximate surface area is 142 Å². The molecule has 6 nitrogen and oxygen atoms in total. The van der Waals surface area contributed by atoms with Crippen LogP contribution in [0.15, 0.2) is 30.3 Å². The van der Waals surface area contributed by atoms with Gasteiger partial charge in [-0.15, -0.1) is 0 Å². The van der Waals surface area contributed by atoms with E-state index in [4.69, 9.17) is 18.9 Å². The second-order valence-electron chi connectivity index (χ2n) is 5.96. The monoisotopic (exact) mass is 336 g/mol. The number of benzene rings is 1. The summed E-state index contributed by atoms with van der Waals surface area (Å²) in [4.78, 5) is 22.5. The Balaban J connectivity index is 1.93. The van der Waals surface area contributed by atoms with Crippen molar-refractivity contribution in [2.75, 3.05) is 6.61 Å². The van der Waals surface area contributed by atoms with Crippen molar-refractivity contribution in [2.24, 2.45) is 5.92 Å². The van der Waals surface area contributed by atoms with Crippen molar-refractivity contribution in [1.82, 2.24) is 0 Å². The lowest BCUT2D eigenvalue weighted by atomic mass is 9.92. The van der Waals surface area contributed by atoms with E-state index in [-0.39, 0.29) is 24.1 Å². The molecule has 0 radical (unpaired) electrons. The summed E-state index contributed by atoms with van der Waals surface area (Å²) in [6.45, 7) is 5.41. The minimum Gasteiger partial charge on any atom is -0.462 e. The van der Waals surface area contributed by atoms with Crippen LogP contribution >= 0.6 is 0 Å². The normalized spacial score (nSPS) is 26.6. The minimum absolute atomic E-state index is 0.0588. The first-order chi connectivity index (χ1) is 11.5. The van der Waals surface area contributed by atoms with Gasteiger partial charge in [-0.05, 0) is 5.56 Å². The Morgan fingerprint density at radius 1 is 1.12 bits per heavy atom. The molecule has 1 heterocycles. The molecule has 0 spiro atoms. The van der Waals surface area contributed by atoms with E-state index >= 15 is 0 Å². The molecule has 0 aromatic heterocycles. The maximum absolute atomic E-state index is 11.3. The van der Waals surface area contributed by atoms with Gasteiger partial charge in [-0.25, -0.2) is 0 Å². The summed E-state index contributed by atoms with van der Waals surface area (Å²) in [7, 11) is 0. The number of carbonyl (C=O) groups excluding carboxylic acids is 2. The van der Waals surface area contributed by atoms with E-state index in [0.717, 1.165) is 5.56 Å². The van der Waals surface area contributed by atoms with Crippen LogP contribution in [0.4, 0.5) is 0 Å². The van der Waals surface area contributed by atoms with Gasteiger partial charge in [0.2, 0.25) is 6.29 Å². The van der Waals surface area contributed by atoms with Gasteiger partial charge in [0.15, 0.2) is 0 Å². The van der Waals surface area contributed by atoms with Gasteiger partial charge in [0.05, 0.1) is 19.3 Å². The topological polar surface area (TPSA) is 71.1 Å². The number of rotatable bonds is 6. The molecule has 0 N–H and O–H groups in total. The van der Waals surface area contributed by atoms with Crippen LogP contribution in [0.25, 0.3) is 0 Å². The van der Waals surface area contributed by atoms with Crippen LogP contribution in [0.5, 0.6) is 0 Å². The molecular weight excluding hydrogens is 312 g/mol. The van der Waals surface area contributed by atoms with Gasteiger partial charge >= 0.3 is 11.9 Å². The van der Waals surface area contributed by atoms with E-state index in [1.165, 1.54) is 13.8 Å². The third-order valence-electron chi connectivity index (χ3n) is 3.93. The van der Waals surface area contributed by atoms with Gasteiger partial charge in [-0.2, -0.15) is 0 Å². The SMILES string of the molecule is CC(=O)OC1CC(OC(C)=O)C(C)C(COCc2ccccc2)O1. The number of hydrogen-bond donors (Lipinski definition) is 0. The second kappa shape index (κ2) is 8.80. The molecule has 1 aliphatic heterocycles. The van der Waals surface area contributed by atoms with Crippen molar-refractivity contribution in [3.8, 4) is 0 Å². The number of esters is 2. The van der Waals surface area contributed by atoms with Crippen molar-refractivity contribution in [2.45, 2.75) is 52.3 Å². The molecule has 1 fully saturated rings. The maximum Gasteiger partial charge on any atom is 0.304 e. The lowest BCUT2D eigenvalue weighted by Crippen LogP contribution is -2.47. The van der Waals surface area contributed by atoms with E-state index in [1.54, 1.807) is 0 Å². The molecule has 6 heteroatoms. The fraction of sp³-hybridized carbons (Fsp3) is 0.556. The van der Waals surface area contributed by atoms with E-state index in [9.17, 15) is 9.59 Å². The Morgan fingerprint density at radius 2 is 1.79 bits per heavy atom. The van der Waals surface area contributed by atoms with E-state index in [1.807, 2.05) is 37.3 Å². The van der Waals surface area contributed by atoms with Crippen molar-refractivity contribution in [1.29, 1.82) is 0 Å². The third kappa shape index (κ3) is 5.62. The van der Waals surface area contributed by atoms with Crippen molar-refractivity contribution >= 4 is 11.9 Å². The predicted octanol–water partition coefficient (Wildman–Crippen LogP) is 2.45. The van der Waals surface area contributed by atoms with E-state index in [0.29, 0.717) is 19.6 Å². The average Bonchev–Trinajstić information content (AvgIpc) is 2.51. The molecule has 4 unspecified atom stereocenters. The van der Waals surface area contributed by atoms with Crippen molar-refractivity contribution in [3.05, 3.63) is 35.9 Å². The Morgan fingerprint density at radius 3 is 2.42 bits per heavy atom. The van der Waals surface area contributed by atoms with Crippen LogP contribution in [-0.4, -0.2) is 37.0 Å². The average molecular weight is 336 g/mol. The standard InChI is InChI=1S/C18H24O6/c1-12-16(22-13(2)19)9-18(23-14(3)20)24-17(12)11-21-10-15-7-5-4-6-8-15/h4-8,12,16-18H,9-11H2,1-3H3. The summed E-state index contributed by atoms with van der Waals surface area (Å²) < 4.78 is 22.0. The quantitative estimate of drug-likeness (QED) is 0.743. The summed E-state index contributed by atoms with van der Waals surface area (Å²) in [6, 6.07) is 9.81. The van der Waals surface area contributed by atoms with Crippen molar-refractivity contribution < 1.29 is 28.5 Å². The van der Waals surface area contributed by atoms with Crippen LogP contribution in [0.2, 0.25) is 0 Å². The summed E-state index contributed by atoms with van der Waals surface area (Å²) in [6.07, 6.45) is -1.09. The van der Waals surface area contributed by atoms with Gasteiger partial charge in [0, 0.05) is 26.2 Å². The van der Waals surface area contributed by atoms with E-state index < -0.39 is 12.3 Å². The molecule has 4 atom stereocenters. The number of ether oxygens (including phenoxy) is 4. The largest absolute Gasteiger partial charge is 0.462 e. The Hall–Kier alpha value is -1.92. The molecule has 24 heavy (non-hydrogen) atoms. The Kier molecular flexibility index (Phi) is 6.75. The van der Waals surface area contributed by atoms with Gasteiger partial charge in [0.1, 0.15) is 6.10 Å². The zero-order chi connectivity index (χ0) is 17.5. The highest BCUT2D eigenvalue weighted by Crippen LogP contribution is 2.29. The number of carbonyl (C=O) groups is 2. The molecular formula is C18H24O6. The lowest BCUT2D eigenvalue weighted by Gasteiger charge is -2.39. The van der Waals surface area contributed by atoms with Crippen LogP contribution < -0.4 is 0 Å². The van der Waals surface area contributed by atoms with Gasteiger partial charge < -0.3 is 18.9 Å². The molecule has 1 saturated heterocycles. The zero-order valence-electron chi connectivity index (χ0n) is 14.3. The fourth-order valence-electron chi connectivity index (χ4n) is 2.71. The Bertz CT molecular complexity index is 544. The molecule has 1 aromatic rings. The molecule has 1 aromatic carbocycles. The molecule has 132 valence electrons. The van der Waals surface area contributed by atoms with Crippen LogP contribution in [-0.2, 0) is 35.1 Å². The predicted molar refractivity (Wildman–Crippen MR) is 85.9 cm³/mol. The highest BCUT2D eigenvalue weighted by atomic mass is 16.7. The van der Waals surface area contributed by atoms with E-state index in [2.05, 4.69) is 0 Å². The molecule has 0 amide bonds. The van der Waals surface area contributed by atoms with Gasteiger partial charge in [0.25, 0.3) is 0 Å². The smallest absolute Gasteiger partial charge is 0.304 e. The highest BCUT2D eigenvalue weighted by Gasteiger charge is 2.39. The van der Waals surface area contributed by atoms with Crippen LogP contribution in [0.1, 0.15) is 32.8 Å². The van der Waals surface area contributed by atoms with Gasteiger partial charge in [-0.1, -0.05) is 37.3 Å². The molecule has 0 aliphatic carbocycles. The summed E-state index contributed by atoms with van der Waals surface area (Å²) in [5.41, 5.74) is 1.06. The minimum atomic E-state index is -0.728. The summed E-state index contributed by atoms with van der Waals surface area (Å²) in [5, 5.41) is 0. The summed E-state index contributed by atoms with van der Waals surface area (Å²) in [5.74, 6) is -0.851. The third-order valence-corrected chi connectivity index (χ3v) is 3.93. The van der Waals surface area contributed by atoms with Crippen molar-refractivity contribution in [3.63, 3.8) is 0 Å². The second-order valence-corrected chi connectivity index (χ2v) is 5.96. The highest BCUT2D eigenvalue weighted by molar-refractivity contribution is 5.66. The van der Waals surface area contributed by atoms with Crippen LogP contribution in [0, 0.1) is 5.92 Å². The fourth-order valence-corrected chi connectivity index (χ4v) is 2.71. The number of hydrogen-bond acceptors (Lipinski definition) is 6. The molecule has 1 aliphatic rings. The van der Waals surface area contributed by atoms with Gasteiger partial charge in [-0.3, -0.25) is 9.59 Å². The molecule has 0 saturated carbocycles. The first kappa shape index (κ1) is 18.4. The summed E-state index contributed by atoms with van der Waals surface area (Å²) >= 11 is 0. The maximum atomic E-state index is 11.3. The van der Waals surface area contributed by atoms with Crippen LogP contribution in [0.3, 0.4) is 0 Å². The first-order valence-corrected chi connectivity index (χ1v) is 8.07. The lowest BCUT2D eigenvalue weighted by molar-refractivity contribution is -0.242. The zero-order valence-corrected chi connectivity index (χ0v) is 14.3. The first-order valence-electron chi connectivity index (χ1n) is 8.07. The molecule has 0 bridgehead atoms.